The lowest BCUT2D eigenvalue weighted by Gasteiger charge is -2.15. The molecule has 1 aliphatic heterocycles. The quantitative estimate of drug-likeness (QED) is 0.643. The number of carbonyl (C=O) groups is 3. The van der Waals surface area contributed by atoms with Gasteiger partial charge in [-0.05, 0) is 24.1 Å². The van der Waals surface area contributed by atoms with Crippen LogP contribution in [0.1, 0.15) is 18.4 Å². The van der Waals surface area contributed by atoms with Crippen molar-refractivity contribution in [2.45, 2.75) is 19.4 Å². The number of urea groups is 1. The van der Waals surface area contributed by atoms with E-state index in [0.29, 0.717) is 30.2 Å². The van der Waals surface area contributed by atoms with Crippen LogP contribution >= 0.6 is 0 Å². The van der Waals surface area contributed by atoms with Crippen LogP contribution in [-0.2, 0) is 16.1 Å². The van der Waals surface area contributed by atoms with Gasteiger partial charge in [0.25, 0.3) is 0 Å². The highest BCUT2D eigenvalue weighted by Gasteiger charge is 2.32. The van der Waals surface area contributed by atoms with E-state index in [2.05, 4.69) is 5.32 Å². The average molecular weight is 379 g/mol. The van der Waals surface area contributed by atoms with Gasteiger partial charge in [-0.1, -0.05) is 0 Å². The van der Waals surface area contributed by atoms with Gasteiger partial charge in [0, 0.05) is 26.6 Å². The number of likely N-dealkylation sites (N-methyl/N-ethyl adjacent to an activating group) is 1. The zero-order valence-corrected chi connectivity index (χ0v) is 16.0. The van der Waals surface area contributed by atoms with Crippen molar-refractivity contribution in [2.24, 2.45) is 0 Å². The number of hydrogen-bond acceptors (Lipinski definition) is 6. The fraction of sp³-hybridized carbons (Fsp3) is 0.500. The zero-order valence-electron chi connectivity index (χ0n) is 16.0. The Labute approximate surface area is 158 Å². The standard InChI is InChI=1S/C18H25N3O6/c1-20-11-16(23)21(18(20)24)7-5-6-15(22)19-10-12-8-13(25-2)17(27-4)14(9-12)26-3/h8-9H,5-7,10-11H2,1-4H3,(H,19,22). The Kier molecular flexibility index (Phi) is 6.86. The third-order valence-corrected chi connectivity index (χ3v) is 4.23. The maximum absolute atomic E-state index is 12.1. The van der Waals surface area contributed by atoms with E-state index in [9.17, 15) is 14.4 Å². The summed E-state index contributed by atoms with van der Waals surface area (Å²) in [6.45, 7) is 0.617. The molecular weight excluding hydrogens is 354 g/mol. The summed E-state index contributed by atoms with van der Waals surface area (Å²) in [6, 6.07) is 3.20. The van der Waals surface area contributed by atoms with E-state index >= 15 is 0 Å². The van der Waals surface area contributed by atoms with Gasteiger partial charge in [-0.15, -0.1) is 0 Å². The Morgan fingerprint density at radius 2 is 1.74 bits per heavy atom. The van der Waals surface area contributed by atoms with E-state index < -0.39 is 0 Å². The van der Waals surface area contributed by atoms with E-state index in [0.717, 1.165) is 5.56 Å². The molecule has 0 saturated carbocycles. The van der Waals surface area contributed by atoms with Gasteiger partial charge in [0.05, 0.1) is 21.3 Å². The number of imide groups is 1. The summed E-state index contributed by atoms with van der Waals surface area (Å²) < 4.78 is 15.8. The molecule has 1 aromatic rings. The number of rotatable bonds is 9. The molecule has 2 rings (SSSR count). The van der Waals surface area contributed by atoms with Crippen LogP contribution in [0.25, 0.3) is 0 Å². The smallest absolute Gasteiger partial charge is 0.326 e. The summed E-state index contributed by atoms with van der Waals surface area (Å²) >= 11 is 0. The molecule has 0 aromatic heterocycles. The van der Waals surface area contributed by atoms with E-state index in [1.165, 1.54) is 31.1 Å². The van der Waals surface area contributed by atoms with E-state index in [1.54, 1.807) is 19.2 Å². The third-order valence-electron chi connectivity index (χ3n) is 4.23. The second kappa shape index (κ2) is 9.11. The van der Waals surface area contributed by atoms with Crippen molar-refractivity contribution in [1.29, 1.82) is 0 Å². The molecule has 0 atom stereocenters. The normalized spacial score (nSPS) is 13.8. The first-order valence-electron chi connectivity index (χ1n) is 8.52. The van der Waals surface area contributed by atoms with Crippen LogP contribution in [0.3, 0.4) is 0 Å². The highest BCUT2D eigenvalue weighted by Crippen LogP contribution is 2.38. The lowest BCUT2D eigenvalue weighted by molar-refractivity contribution is -0.126. The Morgan fingerprint density at radius 3 is 2.22 bits per heavy atom. The molecule has 1 saturated heterocycles. The first-order valence-corrected chi connectivity index (χ1v) is 8.52. The fourth-order valence-corrected chi connectivity index (χ4v) is 2.81. The summed E-state index contributed by atoms with van der Waals surface area (Å²) in [4.78, 5) is 38.0. The Hall–Kier alpha value is -2.97. The van der Waals surface area contributed by atoms with Crippen molar-refractivity contribution in [3.8, 4) is 17.2 Å². The molecule has 1 aromatic carbocycles. The van der Waals surface area contributed by atoms with Crippen LogP contribution in [0.15, 0.2) is 12.1 Å². The van der Waals surface area contributed by atoms with Gasteiger partial charge in [-0.2, -0.15) is 0 Å². The first kappa shape index (κ1) is 20.3. The van der Waals surface area contributed by atoms with E-state index in [4.69, 9.17) is 14.2 Å². The van der Waals surface area contributed by atoms with Crippen molar-refractivity contribution in [1.82, 2.24) is 15.1 Å². The van der Waals surface area contributed by atoms with E-state index in [-0.39, 0.29) is 37.4 Å². The average Bonchev–Trinajstić information content (AvgIpc) is 2.91. The van der Waals surface area contributed by atoms with Gasteiger partial charge >= 0.3 is 6.03 Å². The van der Waals surface area contributed by atoms with Crippen molar-refractivity contribution in [3.63, 3.8) is 0 Å². The maximum Gasteiger partial charge on any atom is 0.326 e. The Bertz CT molecular complexity index is 696. The van der Waals surface area contributed by atoms with Crippen molar-refractivity contribution < 1.29 is 28.6 Å². The molecule has 4 amide bonds. The van der Waals surface area contributed by atoms with Gasteiger partial charge in [-0.25, -0.2) is 4.79 Å². The number of carbonyl (C=O) groups excluding carboxylic acids is 3. The molecule has 1 fully saturated rings. The fourth-order valence-electron chi connectivity index (χ4n) is 2.81. The van der Waals surface area contributed by atoms with Gasteiger partial charge in [0.2, 0.25) is 17.6 Å². The monoisotopic (exact) mass is 379 g/mol. The van der Waals surface area contributed by atoms with Crippen LogP contribution in [0.5, 0.6) is 17.2 Å². The van der Waals surface area contributed by atoms with Crippen LogP contribution in [-0.4, -0.2) is 69.1 Å². The lowest BCUT2D eigenvalue weighted by Crippen LogP contribution is -2.33. The number of nitrogens with one attached hydrogen (secondary N) is 1. The minimum atomic E-state index is -0.321. The zero-order chi connectivity index (χ0) is 20.0. The lowest BCUT2D eigenvalue weighted by atomic mass is 10.1. The molecule has 9 nitrogen and oxygen atoms in total. The highest BCUT2D eigenvalue weighted by molar-refractivity contribution is 6.01. The number of amides is 4. The molecule has 0 spiro atoms. The second-order valence-corrected chi connectivity index (χ2v) is 6.10. The van der Waals surface area contributed by atoms with Crippen molar-refractivity contribution >= 4 is 17.8 Å². The minimum absolute atomic E-state index is 0.0894. The van der Waals surface area contributed by atoms with Crippen molar-refractivity contribution in [2.75, 3.05) is 41.5 Å². The Morgan fingerprint density at radius 1 is 1.11 bits per heavy atom. The predicted molar refractivity (Wildman–Crippen MR) is 96.9 cm³/mol. The maximum atomic E-state index is 12.1. The molecule has 9 heteroatoms. The first-order chi connectivity index (χ1) is 12.9. The summed E-state index contributed by atoms with van der Waals surface area (Å²) in [6.07, 6.45) is 0.623. The summed E-state index contributed by atoms with van der Waals surface area (Å²) in [5.74, 6) is 1.10. The van der Waals surface area contributed by atoms with E-state index in [1.807, 2.05) is 0 Å². The van der Waals surface area contributed by atoms with Crippen LogP contribution in [0, 0.1) is 0 Å². The molecule has 148 valence electrons. The number of methoxy groups -OCH3 is 3. The van der Waals surface area contributed by atoms with Gasteiger partial charge in [0.15, 0.2) is 11.5 Å². The molecule has 1 aliphatic rings. The summed E-state index contributed by atoms with van der Waals surface area (Å²) in [5, 5.41) is 2.81. The van der Waals surface area contributed by atoms with Crippen molar-refractivity contribution in [3.05, 3.63) is 17.7 Å². The largest absolute Gasteiger partial charge is 0.493 e. The molecule has 0 bridgehead atoms. The molecule has 0 unspecified atom stereocenters. The Balaban J connectivity index is 1.85. The van der Waals surface area contributed by atoms with Gasteiger partial charge < -0.3 is 24.4 Å². The second-order valence-electron chi connectivity index (χ2n) is 6.10. The SMILES string of the molecule is COc1cc(CNC(=O)CCCN2C(=O)CN(C)C2=O)cc(OC)c1OC. The molecule has 1 N–H and O–H groups in total. The van der Waals surface area contributed by atoms with Crippen LogP contribution < -0.4 is 19.5 Å². The van der Waals surface area contributed by atoms with Crippen LogP contribution in [0.4, 0.5) is 4.79 Å². The molecule has 0 aliphatic carbocycles. The van der Waals surface area contributed by atoms with Crippen LogP contribution in [0.2, 0.25) is 0 Å². The molecule has 0 radical (unpaired) electrons. The molecule has 1 heterocycles. The third kappa shape index (κ3) is 4.81. The number of hydrogen-bond donors (Lipinski definition) is 1. The topological polar surface area (TPSA) is 97.4 Å². The number of benzene rings is 1. The van der Waals surface area contributed by atoms with Gasteiger partial charge in [-0.3, -0.25) is 14.5 Å². The predicted octanol–water partition coefficient (Wildman–Crippen LogP) is 1.00. The summed E-state index contributed by atoms with van der Waals surface area (Å²) in [7, 11) is 6.15. The number of nitrogens with zero attached hydrogens (tertiary/aromatic N) is 2. The minimum Gasteiger partial charge on any atom is -0.493 e. The molecule has 27 heavy (non-hydrogen) atoms. The molecular formula is C18H25N3O6. The summed E-state index contributed by atoms with van der Waals surface area (Å²) in [5.41, 5.74) is 0.796. The number of ether oxygens (including phenoxy) is 3. The highest BCUT2D eigenvalue weighted by atomic mass is 16.5. The van der Waals surface area contributed by atoms with Gasteiger partial charge in [0.1, 0.15) is 6.54 Å².